The molecule has 0 bridgehead atoms. The maximum atomic E-state index is 9.39. The van der Waals surface area contributed by atoms with Gasteiger partial charge >= 0.3 is 0 Å². The van der Waals surface area contributed by atoms with Crippen LogP contribution in [-0.4, -0.2) is 37.5 Å². The molecule has 19 heavy (non-hydrogen) atoms. The average Bonchev–Trinajstić information content (AvgIpc) is 2.40. The molecule has 2 atom stereocenters. The van der Waals surface area contributed by atoms with Crippen LogP contribution in [0.4, 0.5) is 0 Å². The molecular formula is C15H25NO3. The van der Waals surface area contributed by atoms with Crippen molar-refractivity contribution >= 4 is 0 Å². The topological polar surface area (TPSA) is 50.7 Å². The first-order valence-electron chi connectivity index (χ1n) is 6.55. The highest BCUT2D eigenvalue weighted by atomic mass is 16.5. The predicted octanol–water partition coefficient (Wildman–Crippen LogP) is 2.13. The van der Waals surface area contributed by atoms with Crippen LogP contribution in [0.2, 0.25) is 0 Å². The van der Waals surface area contributed by atoms with Gasteiger partial charge in [0.15, 0.2) is 11.5 Å². The summed E-state index contributed by atoms with van der Waals surface area (Å²) in [6.07, 6.45) is 0.679. The van der Waals surface area contributed by atoms with Crippen LogP contribution in [0.3, 0.4) is 0 Å². The van der Waals surface area contributed by atoms with E-state index in [9.17, 15) is 5.11 Å². The summed E-state index contributed by atoms with van der Waals surface area (Å²) in [6.45, 7) is 6.05. The smallest absolute Gasteiger partial charge is 0.161 e. The highest BCUT2D eigenvalue weighted by Gasteiger charge is 2.25. The van der Waals surface area contributed by atoms with Gasteiger partial charge in [-0.05, 0) is 45.5 Å². The summed E-state index contributed by atoms with van der Waals surface area (Å²) in [6, 6.07) is 5.86. The molecule has 108 valence electrons. The van der Waals surface area contributed by atoms with E-state index in [0.717, 1.165) is 17.1 Å². The summed E-state index contributed by atoms with van der Waals surface area (Å²) in [4.78, 5) is 0. The number of methoxy groups -OCH3 is 1. The second-order valence-electron chi connectivity index (χ2n) is 5.26. The summed E-state index contributed by atoms with van der Waals surface area (Å²) in [5, 5.41) is 12.5. The fourth-order valence-corrected chi connectivity index (χ4v) is 2.01. The van der Waals surface area contributed by atoms with Crippen LogP contribution in [0.15, 0.2) is 18.2 Å². The molecule has 0 aromatic heterocycles. The summed E-state index contributed by atoms with van der Waals surface area (Å²) in [5.41, 5.74) is 0.796. The number of benzene rings is 1. The van der Waals surface area contributed by atoms with Gasteiger partial charge in [0.05, 0.1) is 19.8 Å². The largest absolute Gasteiger partial charge is 0.493 e. The van der Waals surface area contributed by atoms with Gasteiger partial charge in [0.2, 0.25) is 0 Å². The molecule has 2 N–H and O–H groups in total. The molecule has 0 heterocycles. The molecule has 1 rings (SSSR count). The monoisotopic (exact) mass is 267 g/mol. The Morgan fingerprint density at radius 1 is 1.37 bits per heavy atom. The van der Waals surface area contributed by atoms with Gasteiger partial charge in [-0.1, -0.05) is 6.07 Å². The molecule has 4 nitrogen and oxygen atoms in total. The standard InChI is InChI=1S/C15H25NO3/c1-11-6-7-13(14(8-11)18-5)19-12(2)9-15(3,10-17)16-4/h6-8,12,16-17H,9-10H2,1-5H3. The Hall–Kier alpha value is -1.26. The Morgan fingerprint density at radius 3 is 2.58 bits per heavy atom. The molecule has 1 aromatic carbocycles. The van der Waals surface area contributed by atoms with Crippen molar-refractivity contribution in [2.45, 2.75) is 38.8 Å². The van der Waals surface area contributed by atoms with Crippen LogP contribution in [0.25, 0.3) is 0 Å². The Balaban J connectivity index is 2.74. The highest BCUT2D eigenvalue weighted by molar-refractivity contribution is 5.42. The van der Waals surface area contributed by atoms with E-state index in [1.165, 1.54) is 0 Å². The molecule has 0 aliphatic carbocycles. The molecule has 0 saturated heterocycles. The average molecular weight is 267 g/mol. The maximum Gasteiger partial charge on any atom is 0.161 e. The van der Waals surface area contributed by atoms with E-state index in [-0.39, 0.29) is 18.2 Å². The summed E-state index contributed by atoms with van der Waals surface area (Å²) in [7, 11) is 3.48. The quantitative estimate of drug-likeness (QED) is 0.794. The number of rotatable bonds is 7. The van der Waals surface area contributed by atoms with Gasteiger partial charge in [0, 0.05) is 12.0 Å². The van der Waals surface area contributed by atoms with Gasteiger partial charge in [-0.2, -0.15) is 0 Å². The van der Waals surface area contributed by atoms with E-state index in [2.05, 4.69) is 5.32 Å². The molecule has 0 saturated carbocycles. The zero-order valence-electron chi connectivity index (χ0n) is 12.5. The third-order valence-electron chi connectivity index (χ3n) is 3.34. The molecule has 0 fully saturated rings. The molecule has 4 heteroatoms. The number of hydrogen-bond acceptors (Lipinski definition) is 4. The lowest BCUT2D eigenvalue weighted by atomic mass is 9.96. The molecule has 0 radical (unpaired) electrons. The van der Waals surface area contributed by atoms with Crippen LogP contribution in [0.5, 0.6) is 11.5 Å². The minimum absolute atomic E-state index is 0.0267. The van der Waals surface area contributed by atoms with Crippen molar-refractivity contribution in [2.75, 3.05) is 20.8 Å². The van der Waals surface area contributed by atoms with Gasteiger partial charge in [-0.15, -0.1) is 0 Å². The highest BCUT2D eigenvalue weighted by Crippen LogP contribution is 2.29. The minimum Gasteiger partial charge on any atom is -0.493 e. The third kappa shape index (κ3) is 4.40. The van der Waals surface area contributed by atoms with Crippen molar-refractivity contribution in [3.63, 3.8) is 0 Å². The number of nitrogens with one attached hydrogen (secondary N) is 1. The molecule has 2 unspecified atom stereocenters. The lowest BCUT2D eigenvalue weighted by Crippen LogP contribution is -2.46. The van der Waals surface area contributed by atoms with Crippen LogP contribution < -0.4 is 14.8 Å². The van der Waals surface area contributed by atoms with E-state index >= 15 is 0 Å². The number of ether oxygens (including phenoxy) is 2. The lowest BCUT2D eigenvalue weighted by molar-refractivity contribution is 0.113. The zero-order valence-corrected chi connectivity index (χ0v) is 12.5. The van der Waals surface area contributed by atoms with E-state index < -0.39 is 0 Å². The number of likely N-dealkylation sites (N-methyl/N-ethyl adjacent to an activating group) is 1. The normalized spacial score (nSPS) is 15.7. The van der Waals surface area contributed by atoms with Gasteiger partial charge < -0.3 is 19.9 Å². The van der Waals surface area contributed by atoms with Crippen molar-refractivity contribution in [3.8, 4) is 11.5 Å². The first-order valence-corrected chi connectivity index (χ1v) is 6.55. The Morgan fingerprint density at radius 2 is 2.05 bits per heavy atom. The van der Waals surface area contributed by atoms with Crippen LogP contribution >= 0.6 is 0 Å². The number of hydrogen-bond donors (Lipinski definition) is 2. The molecule has 0 amide bonds. The number of aryl methyl sites for hydroxylation is 1. The van der Waals surface area contributed by atoms with Crippen molar-refractivity contribution in [2.24, 2.45) is 0 Å². The van der Waals surface area contributed by atoms with E-state index in [1.54, 1.807) is 7.11 Å². The third-order valence-corrected chi connectivity index (χ3v) is 3.34. The SMILES string of the molecule is CNC(C)(CO)CC(C)Oc1ccc(C)cc1OC. The van der Waals surface area contributed by atoms with Crippen molar-refractivity contribution in [3.05, 3.63) is 23.8 Å². The van der Waals surface area contributed by atoms with Crippen LogP contribution in [-0.2, 0) is 0 Å². The van der Waals surface area contributed by atoms with E-state index in [4.69, 9.17) is 9.47 Å². The van der Waals surface area contributed by atoms with Crippen molar-refractivity contribution < 1.29 is 14.6 Å². The van der Waals surface area contributed by atoms with Gasteiger partial charge in [-0.25, -0.2) is 0 Å². The summed E-state index contributed by atoms with van der Waals surface area (Å²) in [5.74, 6) is 1.47. The van der Waals surface area contributed by atoms with Crippen LogP contribution in [0, 0.1) is 6.92 Å². The second-order valence-corrected chi connectivity index (χ2v) is 5.26. The maximum absolute atomic E-state index is 9.39. The van der Waals surface area contributed by atoms with E-state index in [0.29, 0.717) is 6.42 Å². The molecule has 0 aliphatic heterocycles. The predicted molar refractivity (Wildman–Crippen MR) is 77.0 cm³/mol. The molecular weight excluding hydrogens is 242 g/mol. The van der Waals surface area contributed by atoms with Crippen LogP contribution in [0.1, 0.15) is 25.8 Å². The first kappa shape index (κ1) is 15.8. The van der Waals surface area contributed by atoms with Gasteiger partial charge in [0.1, 0.15) is 0 Å². The second kappa shape index (κ2) is 6.78. The first-order chi connectivity index (χ1) is 8.94. The lowest BCUT2D eigenvalue weighted by Gasteiger charge is -2.30. The fraction of sp³-hybridized carbons (Fsp3) is 0.600. The van der Waals surface area contributed by atoms with E-state index in [1.807, 2.05) is 46.0 Å². The number of aliphatic hydroxyl groups is 1. The minimum atomic E-state index is -0.336. The Kier molecular flexibility index (Phi) is 5.63. The van der Waals surface area contributed by atoms with Crippen molar-refractivity contribution in [1.29, 1.82) is 0 Å². The molecule has 1 aromatic rings. The van der Waals surface area contributed by atoms with Gasteiger partial charge in [0.25, 0.3) is 0 Å². The Bertz CT molecular complexity index is 402. The van der Waals surface area contributed by atoms with Crippen molar-refractivity contribution in [1.82, 2.24) is 5.32 Å². The molecule has 0 spiro atoms. The Labute approximate surface area is 115 Å². The summed E-state index contributed by atoms with van der Waals surface area (Å²) >= 11 is 0. The molecule has 0 aliphatic rings. The fourth-order valence-electron chi connectivity index (χ4n) is 2.01. The summed E-state index contributed by atoms with van der Waals surface area (Å²) < 4.78 is 11.2. The number of aliphatic hydroxyl groups excluding tert-OH is 1. The zero-order chi connectivity index (χ0) is 14.5. The van der Waals surface area contributed by atoms with Gasteiger partial charge in [-0.3, -0.25) is 0 Å².